The van der Waals surface area contributed by atoms with Gasteiger partial charge in [-0.25, -0.2) is 8.78 Å². The average Bonchev–Trinajstić information content (AvgIpc) is 1.94. The summed E-state index contributed by atoms with van der Waals surface area (Å²) in [6, 6.07) is 0. The lowest BCUT2D eigenvalue weighted by molar-refractivity contribution is 0.149. The van der Waals surface area contributed by atoms with Gasteiger partial charge >= 0.3 is 0 Å². The van der Waals surface area contributed by atoms with Crippen LogP contribution in [-0.4, -0.2) is 4.98 Å². The molecule has 2 nitrogen and oxygen atoms in total. The third-order valence-corrected chi connectivity index (χ3v) is 1.96. The fraction of sp³-hybridized carbons (Fsp3) is 0.167. The first-order chi connectivity index (χ1) is 5.13. The highest BCUT2D eigenvalue weighted by atomic mass is 127. The Kier molecular flexibility index (Phi) is 2.58. The zero-order valence-electron chi connectivity index (χ0n) is 5.27. The van der Waals surface area contributed by atoms with Gasteiger partial charge in [0.25, 0.3) is 6.43 Å². The smallest absolute Gasteiger partial charge is 0.269 e. The number of H-pyrrole nitrogens is 1. The topological polar surface area (TPSA) is 32.9 Å². The van der Waals surface area contributed by atoms with Gasteiger partial charge < -0.3 is 4.98 Å². The molecule has 0 unspecified atom stereocenters. The van der Waals surface area contributed by atoms with Crippen LogP contribution < -0.4 is 5.43 Å². The Balaban J connectivity index is 3.28. The Bertz CT molecular complexity index is 310. The quantitative estimate of drug-likeness (QED) is 0.777. The van der Waals surface area contributed by atoms with Crippen molar-refractivity contribution in [3.8, 4) is 0 Å². The van der Waals surface area contributed by atoms with Crippen molar-refractivity contribution >= 4 is 22.6 Å². The Morgan fingerprint density at radius 1 is 1.45 bits per heavy atom. The maximum atomic E-state index is 12.0. The van der Waals surface area contributed by atoms with E-state index in [2.05, 4.69) is 4.98 Å². The second kappa shape index (κ2) is 3.29. The second-order valence-electron chi connectivity index (χ2n) is 1.89. The molecule has 0 bridgehead atoms. The lowest BCUT2D eigenvalue weighted by atomic mass is 10.3. The van der Waals surface area contributed by atoms with Gasteiger partial charge in [-0.05, 0) is 22.6 Å². The Morgan fingerprint density at radius 3 is 2.55 bits per heavy atom. The SMILES string of the molecule is O=c1c(I)c[nH]cc1C(F)F. The standard InChI is InChI=1S/C6H4F2INO/c7-6(8)3-1-10-2-4(9)5(3)11/h1-2,6H,(H,10,11). The van der Waals surface area contributed by atoms with E-state index in [1.165, 1.54) is 6.20 Å². The summed E-state index contributed by atoms with van der Waals surface area (Å²) in [5, 5.41) is 0. The number of hydrogen-bond acceptors (Lipinski definition) is 1. The number of nitrogens with one attached hydrogen (secondary N) is 1. The normalized spacial score (nSPS) is 10.5. The number of rotatable bonds is 1. The molecule has 0 saturated carbocycles. The number of aromatic amines is 1. The van der Waals surface area contributed by atoms with Crippen LogP contribution in [0.1, 0.15) is 12.0 Å². The highest BCUT2D eigenvalue weighted by Crippen LogP contribution is 2.13. The molecule has 0 atom stereocenters. The summed E-state index contributed by atoms with van der Waals surface area (Å²) in [5.74, 6) is 0. The van der Waals surface area contributed by atoms with Crippen LogP contribution in [0.15, 0.2) is 17.2 Å². The first-order valence-electron chi connectivity index (χ1n) is 2.77. The minimum absolute atomic E-state index is 0.278. The van der Waals surface area contributed by atoms with E-state index in [4.69, 9.17) is 0 Å². The summed E-state index contributed by atoms with van der Waals surface area (Å²) in [4.78, 5) is 13.4. The summed E-state index contributed by atoms with van der Waals surface area (Å²) < 4.78 is 24.2. The van der Waals surface area contributed by atoms with Gasteiger partial charge in [-0.3, -0.25) is 4.79 Å². The van der Waals surface area contributed by atoms with Gasteiger partial charge in [0.05, 0.1) is 9.13 Å². The minimum Gasteiger partial charge on any atom is -0.366 e. The van der Waals surface area contributed by atoms with E-state index in [1.54, 1.807) is 22.6 Å². The molecule has 60 valence electrons. The first kappa shape index (κ1) is 8.63. The summed E-state index contributed by atoms with van der Waals surface area (Å²) in [6.45, 7) is 0. The molecule has 1 heterocycles. The lowest BCUT2D eigenvalue weighted by Gasteiger charge is -1.96. The van der Waals surface area contributed by atoms with Crippen LogP contribution in [0.25, 0.3) is 0 Å². The van der Waals surface area contributed by atoms with Gasteiger partial charge in [0, 0.05) is 12.4 Å². The number of halogens is 3. The van der Waals surface area contributed by atoms with Gasteiger partial charge in [0.1, 0.15) is 0 Å². The molecule has 1 aromatic heterocycles. The first-order valence-corrected chi connectivity index (χ1v) is 3.85. The third kappa shape index (κ3) is 1.76. The molecular weight excluding hydrogens is 267 g/mol. The van der Waals surface area contributed by atoms with Gasteiger partial charge in [-0.1, -0.05) is 0 Å². The summed E-state index contributed by atoms with van der Waals surface area (Å²) in [5.41, 5.74) is -1.07. The number of aromatic nitrogens is 1. The van der Waals surface area contributed by atoms with Crippen LogP contribution in [-0.2, 0) is 0 Å². The third-order valence-electron chi connectivity index (χ3n) is 1.16. The highest BCUT2D eigenvalue weighted by Gasteiger charge is 2.12. The van der Waals surface area contributed by atoms with E-state index in [0.29, 0.717) is 0 Å². The molecular formula is C6H4F2INO. The maximum absolute atomic E-state index is 12.0. The van der Waals surface area contributed by atoms with Crippen LogP contribution in [0.3, 0.4) is 0 Å². The molecule has 0 saturated heterocycles. The predicted molar refractivity (Wildman–Crippen MR) is 44.7 cm³/mol. The van der Waals surface area contributed by atoms with E-state index in [1.807, 2.05) is 0 Å². The molecule has 0 spiro atoms. The van der Waals surface area contributed by atoms with Crippen LogP contribution in [0.5, 0.6) is 0 Å². The number of alkyl halides is 2. The predicted octanol–water partition coefficient (Wildman–Crippen LogP) is 1.92. The summed E-state index contributed by atoms with van der Waals surface area (Å²) in [6.07, 6.45) is -0.294. The van der Waals surface area contributed by atoms with Gasteiger partial charge in [-0.2, -0.15) is 0 Å². The molecule has 0 aliphatic rings. The summed E-state index contributed by atoms with van der Waals surface area (Å²) in [7, 11) is 0. The summed E-state index contributed by atoms with van der Waals surface area (Å²) >= 11 is 1.71. The van der Waals surface area contributed by atoms with Crippen molar-refractivity contribution in [1.82, 2.24) is 4.98 Å². The molecule has 1 N–H and O–H groups in total. The van der Waals surface area contributed by atoms with Crippen molar-refractivity contribution in [1.29, 1.82) is 0 Å². The van der Waals surface area contributed by atoms with Crippen LogP contribution >= 0.6 is 22.6 Å². The van der Waals surface area contributed by atoms with Crippen molar-refractivity contribution in [2.45, 2.75) is 6.43 Å². The molecule has 0 aliphatic carbocycles. The van der Waals surface area contributed by atoms with Crippen LogP contribution in [0, 0.1) is 3.57 Å². The monoisotopic (exact) mass is 271 g/mol. The fourth-order valence-electron chi connectivity index (χ4n) is 0.636. The molecule has 5 heteroatoms. The molecule has 0 amide bonds. The minimum atomic E-state index is -2.70. The molecule has 11 heavy (non-hydrogen) atoms. The van der Waals surface area contributed by atoms with E-state index in [9.17, 15) is 13.6 Å². The van der Waals surface area contributed by atoms with E-state index >= 15 is 0 Å². The molecule has 0 aromatic carbocycles. The van der Waals surface area contributed by atoms with Crippen LogP contribution in [0.2, 0.25) is 0 Å². The van der Waals surface area contributed by atoms with Crippen molar-refractivity contribution in [3.63, 3.8) is 0 Å². The largest absolute Gasteiger partial charge is 0.366 e. The fourth-order valence-corrected chi connectivity index (χ4v) is 1.13. The Morgan fingerprint density at radius 2 is 2.09 bits per heavy atom. The van der Waals surface area contributed by atoms with Crippen molar-refractivity contribution < 1.29 is 8.78 Å². The van der Waals surface area contributed by atoms with Crippen molar-refractivity contribution in [3.05, 3.63) is 31.8 Å². The second-order valence-corrected chi connectivity index (χ2v) is 3.05. The van der Waals surface area contributed by atoms with Crippen molar-refractivity contribution in [2.75, 3.05) is 0 Å². The average molecular weight is 271 g/mol. The van der Waals surface area contributed by atoms with Crippen LogP contribution in [0.4, 0.5) is 8.78 Å². The van der Waals surface area contributed by atoms with Gasteiger partial charge in [-0.15, -0.1) is 0 Å². The molecule has 0 aliphatic heterocycles. The molecule has 1 aromatic rings. The molecule has 0 radical (unpaired) electrons. The van der Waals surface area contributed by atoms with E-state index in [-0.39, 0.29) is 3.57 Å². The van der Waals surface area contributed by atoms with E-state index < -0.39 is 17.4 Å². The number of hydrogen-bond donors (Lipinski definition) is 1. The highest BCUT2D eigenvalue weighted by molar-refractivity contribution is 14.1. The maximum Gasteiger partial charge on any atom is 0.269 e. The molecule has 1 rings (SSSR count). The Hall–Kier alpha value is -0.460. The van der Waals surface area contributed by atoms with E-state index in [0.717, 1.165) is 6.20 Å². The van der Waals surface area contributed by atoms with Gasteiger partial charge in [0.2, 0.25) is 5.43 Å². The zero-order valence-corrected chi connectivity index (χ0v) is 7.43. The lowest BCUT2D eigenvalue weighted by Crippen LogP contribution is -2.12. The van der Waals surface area contributed by atoms with Crippen molar-refractivity contribution in [2.24, 2.45) is 0 Å². The number of pyridine rings is 1. The Labute approximate surface area is 74.8 Å². The molecule has 0 fully saturated rings. The van der Waals surface area contributed by atoms with Gasteiger partial charge in [0.15, 0.2) is 0 Å². The zero-order chi connectivity index (χ0) is 8.43.